The van der Waals surface area contributed by atoms with Crippen LogP contribution in [0.2, 0.25) is 0 Å². The molecule has 2 aliphatic rings. The van der Waals surface area contributed by atoms with E-state index in [-0.39, 0.29) is 25.0 Å². The fourth-order valence-electron chi connectivity index (χ4n) is 4.49. The fourth-order valence-corrected chi connectivity index (χ4v) is 4.49. The number of nitrogens with zero attached hydrogens (tertiary/aromatic N) is 1. The molecule has 1 aliphatic carbocycles. The highest BCUT2D eigenvalue weighted by atomic mass is 16.5. The van der Waals surface area contributed by atoms with Gasteiger partial charge in [-0.05, 0) is 36.1 Å². The molecule has 29 heavy (non-hydrogen) atoms. The third-order valence-electron chi connectivity index (χ3n) is 6.10. The standard InChI is InChI=1S/C24H27NO4/c26-20(16-25-22(27)15-24(23(25)28)13-5-2-6-14-24)17-29-21-11-9-19(10-12-21)18-7-3-1-4-8-18/h1,3-4,7-12,20,26H,2,5-6,13-17H2/t20-/m1/s1. The number of rotatable bonds is 6. The first-order valence-electron chi connectivity index (χ1n) is 10.4. The Balaban J connectivity index is 1.31. The van der Waals surface area contributed by atoms with Crippen molar-refractivity contribution in [1.82, 2.24) is 4.90 Å². The molecule has 5 nitrogen and oxygen atoms in total. The molecule has 2 aromatic carbocycles. The van der Waals surface area contributed by atoms with Crippen LogP contribution in [0.5, 0.6) is 5.75 Å². The molecule has 4 rings (SSSR count). The SMILES string of the molecule is O=C1CC2(CCCCC2)C(=O)N1C[C@@H](O)COc1ccc(-c2ccccc2)cc1. The third kappa shape index (κ3) is 4.20. The Morgan fingerprint density at radius 3 is 2.28 bits per heavy atom. The van der Waals surface area contributed by atoms with E-state index < -0.39 is 11.5 Å². The molecule has 1 saturated heterocycles. The summed E-state index contributed by atoms with van der Waals surface area (Å²) < 4.78 is 5.68. The maximum Gasteiger partial charge on any atom is 0.235 e. The zero-order chi connectivity index (χ0) is 20.3. The van der Waals surface area contributed by atoms with E-state index in [9.17, 15) is 14.7 Å². The Labute approximate surface area is 171 Å². The normalized spacial score (nSPS) is 19.6. The first kappa shape index (κ1) is 19.6. The number of hydrogen-bond acceptors (Lipinski definition) is 4. The van der Waals surface area contributed by atoms with Crippen LogP contribution in [0.25, 0.3) is 11.1 Å². The largest absolute Gasteiger partial charge is 0.491 e. The van der Waals surface area contributed by atoms with Crippen molar-refractivity contribution < 1.29 is 19.4 Å². The van der Waals surface area contributed by atoms with E-state index in [0.29, 0.717) is 12.2 Å². The highest BCUT2D eigenvalue weighted by Gasteiger charge is 2.51. The summed E-state index contributed by atoms with van der Waals surface area (Å²) in [5.74, 6) is 0.378. The Bertz CT molecular complexity index is 856. The van der Waals surface area contributed by atoms with E-state index in [2.05, 4.69) is 0 Å². The minimum absolute atomic E-state index is 0.00150. The molecule has 2 aromatic rings. The van der Waals surface area contributed by atoms with Crippen molar-refractivity contribution in [2.75, 3.05) is 13.2 Å². The first-order chi connectivity index (χ1) is 14.1. The predicted molar refractivity (Wildman–Crippen MR) is 110 cm³/mol. The average Bonchev–Trinajstić information content (AvgIpc) is 2.97. The van der Waals surface area contributed by atoms with Crippen molar-refractivity contribution in [3.63, 3.8) is 0 Å². The molecule has 1 aliphatic heterocycles. The summed E-state index contributed by atoms with van der Waals surface area (Å²) in [4.78, 5) is 26.5. The van der Waals surface area contributed by atoms with Gasteiger partial charge in [-0.2, -0.15) is 0 Å². The Hall–Kier alpha value is -2.66. The molecule has 0 bridgehead atoms. The smallest absolute Gasteiger partial charge is 0.235 e. The molecule has 152 valence electrons. The summed E-state index contributed by atoms with van der Waals surface area (Å²) in [6.45, 7) is 0.0380. The van der Waals surface area contributed by atoms with Gasteiger partial charge in [-0.1, -0.05) is 61.7 Å². The highest BCUT2D eigenvalue weighted by molar-refractivity contribution is 6.06. The number of benzene rings is 2. The minimum Gasteiger partial charge on any atom is -0.491 e. The van der Waals surface area contributed by atoms with Gasteiger partial charge in [0.05, 0.1) is 12.0 Å². The summed E-state index contributed by atoms with van der Waals surface area (Å²) in [5.41, 5.74) is 1.70. The summed E-state index contributed by atoms with van der Waals surface area (Å²) in [7, 11) is 0. The van der Waals surface area contributed by atoms with Gasteiger partial charge in [-0.15, -0.1) is 0 Å². The van der Waals surface area contributed by atoms with Gasteiger partial charge >= 0.3 is 0 Å². The second-order valence-corrected chi connectivity index (χ2v) is 8.18. The zero-order valence-corrected chi connectivity index (χ0v) is 16.5. The molecule has 1 saturated carbocycles. The maximum absolute atomic E-state index is 12.8. The highest BCUT2D eigenvalue weighted by Crippen LogP contribution is 2.45. The van der Waals surface area contributed by atoms with E-state index in [4.69, 9.17) is 4.74 Å². The van der Waals surface area contributed by atoms with E-state index in [1.165, 1.54) is 4.90 Å². The van der Waals surface area contributed by atoms with Crippen LogP contribution < -0.4 is 4.74 Å². The molecular formula is C24H27NO4. The molecular weight excluding hydrogens is 366 g/mol. The van der Waals surface area contributed by atoms with Gasteiger partial charge in [0.15, 0.2) is 0 Å². The molecule has 0 radical (unpaired) electrons. The number of ether oxygens (including phenoxy) is 1. The van der Waals surface area contributed by atoms with E-state index >= 15 is 0 Å². The van der Waals surface area contributed by atoms with Crippen molar-refractivity contribution in [2.45, 2.75) is 44.6 Å². The van der Waals surface area contributed by atoms with Gasteiger partial charge in [0.2, 0.25) is 11.8 Å². The summed E-state index contributed by atoms with van der Waals surface area (Å²) >= 11 is 0. The van der Waals surface area contributed by atoms with E-state index in [1.807, 2.05) is 54.6 Å². The zero-order valence-electron chi connectivity index (χ0n) is 16.5. The van der Waals surface area contributed by atoms with Crippen LogP contribution in [0.4, 0.5) is 0 Å². The molecule has 1 N–H and O–H groups in total. The predicted octanol–water partition coefficient (Wildman–Crippen LogP) is 3.80. The second-order valence-electron chi connectivity index (χ2n) is 8.18. The van der Waals surface area contributed by atoms with E-state index in [0.717, 1.165) is 43.2 Å². The van der Waals surface area contributed by atoms with Gasteiger partial charge in [0, 0.05) is 6.42 Å². The van der Waals surface area contributed by atoms with Crippen LogP contribution >= 0.6 is 0 Å². The van der Waals surface area contributed by atoms with Crippen LogP contribution in [0.3, 0.4) is 0 Å². The summed E-state index contributed by atoms with van der Waals surface area (Å²) in [5, 5.41) is 10.4. The van der Waals surface area contributed by atoms with Crippen LogP contribution in [0.15, 0.2) is 54.6 Å². The van der Waals surface area contributed by atoms with Crippen molar-refractivity contribution in [1.29, 1.82) is 0 Å². The molecule has 0 unspecified atom stereocenters. The lowest BCUT2D eigenvalue weighted by molar-refractivity contribution is -0.144. The van der Waals surface area contributed by atoms with Crippen molar-refractivity contribution in [3.8, 4) is 16.9 Å². The number of likely N-dealkylation sites (tertiary alicyclic amines) is 1. The van der Waals surface area contributed by atoms with Crippen molar-refractivity contribution >= 4 is 11.8 Å². The van der Waals surface area contributed by atoms with Crippen LogP contribution in [-0.2, 0) is 9.59 Å². The third-order valence-corrected chi connectivity index (χ3v) is 6.10. The Morgan fingerprint density at radius 1 is 0.931 bits per heavy atom. The molecule has 2 amide bonds. The first-order valence-corrected chi connectivity index (χ1v) is 10.4. The monoisotopic (exact) mass is 393 g/mol. The Morgan fingerprint density at radius 2 is 1.59 bits per heavy atom. The van der Waals surface area contributed by atoms with Gasteiger partial charge in [-0.3, -0.25) is 14.5 Å². The number of aliphatic hydroxyl groups is 1. The topological polar surface area (TPSA) is 66.8 Å². The lowest BCUT2D eigenvalue weighted by atomic mass is 9.73. The summed E-state index contributed by atoms with van der Waals surface area (Å²) in [6.07, 6.45) is 4.08. The number of hydrogen-bond donors (Lipinski definition) is 1. The molecule has 1 heterocycles. The molecule has 2 fully saturated rings. The minimum atomic E-state index is -0.907. The van der Waals surface area contributed by atoms with Crippen LogP contribution in [0.1, 0.15) is 38.5 Å². The average molecular weight is 393 g/mol. The number of carbonyl (C=O) groups is 2. The second kappa shape index (κ2) is 8.37. The molecule has 1 atom stereocenters. The number of carbonyl (C=O) groups excluding carboxylic acids is 2. The number of amides is 2. The quantitative estimate of drug-likeness (QED) is 0.758. The number of imide groups is 1. The lowest BCUT2D eigenvalue weighted by Gasteiger charge is -2.30. The molecule has 5 heteroatoms. The van der Waals surface area contributed by atoms with E-state index in [1.54, 1.807) is 0 Å². The molecule has 1 spiro atoms. The van der Waals surface area contributed by atoms with Gasteiger partial charge in [0.25, 0.3) is 0 Å². The number of β-amino-alcohol motifs (C(OH)–C–C–N with tert-alkyl or cyclic N) is 1. The molecule has 0 aromatic heterocycles. The summed E-state index contributed by atoms with van der Waals surface area (Å²) in [6, 6.07) is 17.7. The van der Waals surface area contributed by atoms with Crippen LogP contribution in [0, 0.1) is 5.41 Å². The van der Waals surface area contributed by atoms with Gasteiger partial charge in [-0.25, -0.2) is 0 Å². The van der Waals surface area contributed by atoms with Crippen molar-refractivity contribution in [2.24, 2.45) is 5.41 Å². The maximum atomic E-state index is 12.8. The number of aliphatic hydroxyl groups excluding tert-OH is 1. The van der Waals surface area contributed by atoms with Crippen molar-refractivity contribution in [3.05, 3.63) is 54.6 Å². The fraction of sp³-hybridized carbons (Fsp3) is 0.417. The Kier molecular flexibility index (Phi) is 5.67. The lowest BCUT2D eigenvalue weighted by Crippen LogP contribution is -2.42. The van der Waals surface area contributed by atoms with Gasteiger partial charge < -0.3 is 9.84 Å². The van der Waals surface area contributed by atoms with Crippen LogP contribution in [-0.4, -0.2) is 41.1 Å². The van der Waals surface area contributed by atoms with Gasteiger partial charge in [0.1, 0.15) is 18.5 Å².